The van der Waals surface area contributed by atoms with E-state index in [2.05, 4.69) is 13.8 Å². The molecular formula is C13H25O2. The molecule has 0 rings (SSSR count). The summed E-state index contributed by atoms with van der Waals surface area (Å²) in [4.78, 5) is 11.0. The summed E-state index contributed by atoms with van der Waals surface area (Å²) in [6.07, 6.45) is 7.36. The zero-order valence-electron chi connectivity index (χ0n) is 10.4. The summed E-state index contributed by atoms with van der Waals surface area (Å²) in [5.41, 5.74) is 0. The highest BCUT2D eigenvalue weighted by atomic mass is 16.4. The Bertz CT molecular complexity index is 158. The van der Waals surface area contributed by atoms with E-state index in [1.165, 1.54) is 0 Å². The molecule has 0 bridgehead atoms. The molecule has 0 heterocycles. The van der Waals surface area contributed by atoms with Crippen LogP contribution in [0.15, 0.2) is 0 Å². The molecule has 1 unspecified atom stereocenters. The predicted octanol–water partition coefficient (Wildman–Crippen LogP) is 3.97. The quantitative estimate of drug-likeness (QED) is 0.571. The second-order valence-electron chi connectivity index (χ2n) is 4.38. The van der Waals surface area contributed by atoms with Crippen LogP contribution in [0.25, 0.3) is 0 Å². The van der Waals surface area contributed by atoms with E-state index < -0.39 is 5.97 Å². The van der Waals surface area contributed by atoms with E-state index in [0.717, 1.165) is 38.5 Å². The van der Waals surface area contributed by atoms with Crippen LogP contribution in [0.5, 0.6) is 0 Å². The van der Waals surface area contributed by atoms with Crippen LogP contribution in [0, 0.1) is 11.8 Å². The maximum atomic E-state index is 11.0. The van der Waals surface area contributed by atoms with Gasteiger partial charge in [0.1, 0.15) is 0 Å². The highest BCUT2D eigenvalue weighted by Crippen LogP contribution is 2.27. The lowest BCUT2D eigenvalue weighted by atomic mass is 9.82. The van der Waals surface area contributed by atoms with Crippen LogP contribution in [0.4, 0.5) is 0 Å². The summed E-state index contributed by atoms with van der Waals surface area (Å²) in [6.45, 7) is 6.25. The van der Waals surface area contributed by atoms with Crippen molar-refractivity contribution in [3.8, 4) is 0 Å². The first-order valence-corrected chi connectivity index (χ1v) is 6.38. The van der Waals surface area contributed by atoms with Crippen LogP contribution < -0.4 is 0 Å². The number of unbranched alkanes of at least 4 members (excludes halogenated alkanes) is 2. The molecule has 2 heteroatoms. The zero-order chi connectivity index (χ0) is 11.7. The first-order chi connectivity index (χ1) is 7.17. The second kappa shape index (κ2) is 8.75. The molecule has 89 valence electrons. The third-order valence-electron chi connectivity index (χ3n) is 3.17. The SMILES string of the molecule is CCCCC(CCCC)C(CC)C([O])=O. The Kier molecular flexibility index (Phi) is 8.44. The standard InChI is InChI=1S/C13H25O2/c1-4-7-9-11(10-8-5-2)12(6-3)13(14)15/h11-12H,4-10H2,1-3H3. The lowest BCUT2D eigenvalue weighted by molar-refractivity contribution is -0.150. The highest BCUT2D eigenvalue weighted by Gasteiger charge is 2.26. The van der Waals surface area contributed by atoms with E-state index in [1.54, 1.807) is 0 Å². The summed E-state index contributed by atoms with van der Waals surface area (Å²) in [5.74, 6) is -0.752. The fourth-order valence-electron chi connectivity index (χ4n) is 2.17. The van der Waals surface area contributed by atoms with Crippen molar-refractivity contribution in [2.45, 2.75) is 65.7 Å². The molecule has 2 nitrogen and oxygen atoms in total. The topological polar surface area (TPSA) is 37.0 Å². The molecule has 0 fully saturated rings. The Hall–Kier alpha value is -0.530. The molecule has 0 aromatic rings. The average molecular weight is 213 g/mol. The van der Waals surface area contributed by atoms with Gasteiger partial charge in [0, 0.05) is 0 Å². The molecule has 0 amide bonds. The third-order valence-corrected chi connectivity index (χ3v) is 3.17. The lowest BCUT2D eigenvalue weighted by Gasteiger charge is -2.21. The minimum Gasteiger partial charge on any atom is -0.247 e. The monoisotopic (exact) mass is 213 g/mol. The van der Waals surface area contributed by atoms with Crippen molar-refractivity contribution >= 4 is 5.97 Å². The number of carbonyl (C=O) groups excluding carboxylic acids is 1. The Morgan fingerprint density at radius 2 is 1.47 bits per heavy atom. The maximum absolute atomic E-state index is 11.0. The van der Waals surface area contributed by atoms with Gasteiger partial charge in [-0.1, -0.05) is 46.5 Å². The fraction of sp³-hybridized carbons (Fsp3) is 0.923. The molecule has 0 aliphatic carbocycles. The molecule has 0 aromatic heterocycles. The maximum Gasteiger partial charge on any atom is 0.358 e. The van der Waals surface area contributed by atoms with Crippen molar-refractivity contribution in [1.82, 2.24) is 0 Å². The van der Waals surface area contributed by atoms with E-state index in [0.29, 0.717) is 12.3 Å². The first kappa shape index (κ1) is 14.5. The summed E-state index contributed by atoms with van der Waals surface area (Å²) < 4.78 is 0. The average Bonchev–Trinajstić information content (AvgIpc) is 2.21. The number of rotatable bonds is 9. The normalized spacial score (nSPS) is 13.1. The van der Waals surface area contributed by atoms with Crippen molar-refractivity contribution in [2.75, 3.05) is 0 Å². The van der Waals surface area contributed by atoms with Gasteiger partial charge < -0.3 is 0 Å². The summed E-state index contributed by atoms with van der Waals surface area (Å²) >= 11 is 0. The van der Waals surface area contributed by atoms with Gasteiger partial charge in [-0.2, -0.15) is 0 Å². The second-order valence-corrected chi connectivity index (χ2v) is 4.38. The molecule has 0 N–H and O–H groups in total. The molecular weight excluding hydrogens is 188 g/mol. The van der Waals surface area contributed by atoms with Crippen molar-refractivity contribution in [2.24, 2.45) is 11.8 Å². The number of hydrogen-bond donors (Lipinski definition) is 0. The van der Waals surface area contributed by atoms with Crippen molar-refractivity contribution < 1.29 is 9.90 Å². The van der Waals surface area contributed by atoms with Gasteiger partial charge in [-0.15, -0.1) is 0 Å². The molecule has 0 aliphatic heterocycles. The van der Waals surface area contributed by atoms with Gasteiger partial charge in [-0.05, 0) is 25.2 Å². The fourth-order valence-corrected chi connectivity index (χ4v) is 2.17. The van der Waals surface area contributed by atoms with E-state index in [4.69, 9.17) is 0 Å². The Balaban J connectivity index is 4.22. The minimum absolute atomic E-state index is 0.233. The van der Waals surface area contributed by atoms with E-state index in [-0.39, 0.29) is 5.92 Å². The van der Waals surface area contributed by atoms with Crippen LogP contribution in [-0.2, 0) is 9.90 Å². The number of hydrogen-bond acceptors (Lipinski definition) is 1. The predicted molar refractivity (Wildman–Crippen MR) is 62.0 cm³/mol. The van der Waals surface area contributed by atoms with Gasteiger partial charge in [-0.3, -0.25) is 0 Å². The Labute approximate surface area is 94.1 Å². The zero-order valence-corrected chi connectivity index (χ0v) is 10.4. The van der Waals surface area contributed by atoms with E-state index in [9.17, 15) is 9.90 Å². The van der Waals surface area contributed by atoms with Crippen LogP contribution in [0.3, 0.4) is 0 Å². The summed E-state index contributed by atoms with van der Waals surface area (Å²) in [7, 11) is 0. The lowest BCUT2D eigenvalue weighted by Crippen LogP contribution is -2.22. The molecule has 0 saturated carbocycles. The largest absolute Gasteiger partial charge is 0.358 e. The molecule has 1 atom stereocenters. The van der Waals surface area contributed by atoms with Crippen LogP contribution >= 0.6 is 0 Å². The van der Waals surface area contributed by atoms with Gasteiger partial charge in [0.25, 0.3) is 0 Å². The first-order valence-electron chi connectivity index (χ1n) is 6.38. The molecule has 0 aromatic carbocycles. The third kappa shape index (κ3) is 5.81. The van der Waals surface area contributed by atoms with Gasteiger partial charge in [-0.25, -0.2) is 9.90 Å². The smallest absolute Gasteiger partial charge is 0.247 e. The van der Waals surface area contributed by atoms with Crippen molar-refractivity contribution in [3.63, 3.8) is 0 Å². The summed E-state index contributed by atoms with van der Waals surface area (Å²) in [6, 6.07) is 0. The van der Waals surface area contributed by atoms with Crippen molar-refractivity contribution in [1.29, 1.82) is 0 Å². The molecule has 0 saturated heterocycles. The van der Waals surface area contributed by atoms with Gasteiger partial charge in [0.2, 0.25) is 0 Å². The molecule has 0 aliphatic rings. The molecule has 0 spiro atoms. The van der Waals surface area contributed by atoms with Crippen LogP contribution in [0.1, 0.15) is 65.7 Å². The van der Waals surface area contributed by atoms with Crippen LogP contribution in [0.2, 0.25) is 0 Å². The number of carbonyl (C=O) groups is 1. The van der Waals surface area contributed by atoms with E-state index in [1.807, 2.05) is 6.92 Å². The van der Waals surface area contributed by atoms with E-state index >= 15 is 0 Å². The van der Waals surface area contributed by atoms with Crippen LogP contribution in [-0.4, -0.2) is 5.97 Å². The van der Waals surface area contributed by atoms with Gasteiger partial charge in [0.05, 0.1) is 5.92 Å². The molecule has 15 heavy (non-hydrogen) atoms. The minimum atomic E-state index is -0.852. The molecule has 1 radical (unpaired) electrons. The summed E-state index contributed by atoms with van der Waals surface area (Å²) in [5, 5.41) is 11.0. The van der Waals surface area contributed by atoms with Gasteiger partial charge >= 0.3 is 5.97 Å². The Morgan fingerprint density at radius 1 is 1.00 bits per heavy atom. The van der Waals surface area contributed by atoms with Crippen molar-refractivity contribution in [3.05, 3.63) is 0 Å². The Morgan fingerprint density at radius 3 is 1.73 bits per heavy atom. The van der Waals surface area contributed by atoms with Gasteiger partial charge in [0.15, 0.2) is 0 Å². The highest BCUT2D eigenvalue weighted by molar-refractivity contribution is 5.69.